The van der Waals surface area contributed by atoms with Crippen LogP contribution in [0.2, 0.25) is 0 Å². The second-order valence-electron chi connectivity index (χ2n) is 8.58. The molecule has 0 unspecified atom stereocenters. The Kier molecular flexibility index (Phi) is 5.62. The number of halogens is 1. The lowest BCUT2D eigenvalue weighted by Crippen LogP contribution is -2.67. The molecule has 0 N–H and O–H groups in total. The van der Waals surface area contributed by atoms with Gasteiger partial charge < -0.3 is 14.4 Å². The van der Waals surface area contributed by atoms with Gasteiger partial charge >= 0.3 is 0 Å². The van der Waals surface area contributed by atoms with Crippen LogP contribution in [0.5, 0.6) is 11.5 Å². The molecule has 11 heteroatoms. The lowest BCUT2D eigenvalue weighted by atomic mass is 9.86. The summed E-state index contributed by atoms with van der Waals surface area (Å²) in [6, 6.07) is 10.6. The summed E-state index contributed by atoms with van der Waals surface area (Å²) < 4.78 is 25.1. The normalized spacial score (nSPS) is 18.5. The van der Waals surface area contributed by atoms with Crippen molar-refractivity contribution in [3.63, 3.8) is 0 Å². The van der Waals surface area contributed by atoms with Crippen LogP contribution in [0.1, 0.15) is 37.9 Å². The third-order valence-corrected chi connectivity index (χ3v) is 6.65. The zero-order chi connectivity index (χ0) is 26.6. The molecule has 1 saturated heterocycles. The van der Waals surface area contributed by atoms with Crippen molar-refractivity contribution >= 4 is 29.1 Å². The molecule has 5 rings (SSSR count). The van der Waals surface area contributed by atoms with Gasteiger partial charge in [0.25, 0.3) is 23.4 Å². The molecule has 0 spiro atoms. The largest absolute Gasteiger partial charge is 0.493 e. The average molecular weight is 505 g/mol. The molecular formula is C26H20FN3O7. The van der Waals surface area contributed by atoms with Gasteiger partial charge in [-0.25, -0.2) is 4.39 Å². The maximum Gasteiger partial charge on any atom is 0.282 e. The predicted molar refractivity (Wildman–Crippen MR) is 128 cm³/mol. The van der Waals surface area contributed by atoms with Crippen LogP contribution in [-0.2, 0) is 4.79 Å². The minimum atomic E-state index is -1.32. The topological polar surface area (TPSA) is 119 Å². The smallest absolute Gasteiger partial charge is 0.282 e. The van der Waals surface area contributed by atoms with Crippen LogP contribution in [0.4, 0.5) is 15.8 Å². The van der Waals surface area contributed by atoms with E-state index in [4.69, 9.17) is 9.47 Å². The fourth-order valence-corrected chi connectivity index (χ4v) is 4.80. The van der Waals surface area contributed by atoms with E-state index in [0.29, 0.717) is 22.6 Å². The first-order valence-corrected chi connectivity index (χ1v) is 11.2. The van der Waals surface area contributed by atoms with E-state index in [1.807, 2.05) is 0 Å². The molecule has 10 nitrogen and oxygen atoms in total. The summed E-state index contributed by atoms with van der Waals surface area (Å²) in [5, 5.41) is 11.5. The van der Waals surface area contributed by atoms with Crippen LogP contribution in [0.3, 0.4) is 0 Å². The summed E-state index contributed by atoms with van der Waals surface area (Å²) in [6.45, 7) is 1.58. The van der Waals surface area contributed by atoms with Crippen molar-refractivity contribution in [2.24, 2.45) is 0 Å². The lowest BCUT2D eigenvalue weighted by Gasteiger charge is -2.49. The van der Waals surface area contributed by atoms with Crippen LogP contribution in [-0.4, -0.2) is 47.8 Å². The van der Waals surface area contributed by atoms with E-state index in [2.05, 4.69) is 0 Å². The predicted octanol–water partition coefficient (Wildman–Crippen LogP) is 3.81. The number of amides is 3. The quantitative estimate of drug-likeness (QED) is 0.216. The SMILES string of the molecule is COc1ccc([C@H]2[C@@H](N3C(=O)c4cccc([N+](=O)[O-])c4C3=O)C(=O)N2c2ccc(C)c(F)c2)cc1OC. The second-order valence-corrected chi connectivity index (χ2v) is 8.58. The number of anilines is 1. The molecule has 2 heterocycles. The van der Waals surface area contributed by atoms with Gasteiger partial charge in [0.1, 0.15) is 17.4 Å². The molecule has 0 bridgehead atoms. The number of ether oxygens (including phenoxy) is 2. The van der Waals surface area contributed by atoms with E-state index >= 15 is 0 Å². The Labute approximate surface area is 210 Å². The van der Waals surface area contributed by atoms with Crippen molar-refractivity contribution in [2.75, 3.05) is 19.1 Å². The van der Waals surface area contributed by atoms with Gasteiger partial charge in [0.2, 0.25) is 0 Å². The summed E-state index contributed by atoms with van der Waals surface area (Å²) in [4.78, 5) is 53.1. The number of hydrogen-bond acceptors (Lipinski definition) is 7. The maximum absolute atomic E-state index is 14.4. The van der Waals surface area contributed by atoms with Gasteiger partial charge in [0, 0.05) is 11.8 Å². The molecule has 0 aromatic heterocycles. The molecule has 2 aliphatic rings. The van der Waals surface area contributed by atoms with E-state index in [0.717, 1.165) is 11.0 Å². The average Bonchev–Trinajstić information content (AvgIpc) is 3.14. The molecule has 3 amide bonds. The summed E-state index contributed by atoms with van der Waals surface area (Å²) >= 11 is 0. The number of fused-ring (bicyclic) bond motifs is 1. The number of nitro groups is 1. The summed E-state index contributed by atoms with van der Waals surface area (Å²) in [7, 11) is 2.89. The highest BCUT2D eigenvalue weighted by Crippen LogP contribution is 2.46. The zero-order valence-electron chi connectivity index (χ0n) is 19.9. The number of benzene rings is 3. The number of imide groups is 1. The fourth-order valence-electron chi connectivity index (χ4n) is 4.80. The summed E-state index contributed by atoms with van der Waals surface area (Å²) in [5.41, 5.74) is 0.0453. The number of aryl methyl sites for hydroxylation is 1. The molecule has 3 aromatic rings. The molecule has 2 atom stereocenters. The lowest BCUT2D eigenvalue weighted by molar-refractivity contribution is -0.385. The third kappa shape index (κ3) is 3.50. The molecule has 0 saturated carbocycles. The number of carbonyl (C=O) groups is 3. The Bertz CT molecular complexity index is 1510. The van der Waals surface area contributed by atoms with Crippen LogP contribution in [0.15, 0.2) is 54.6 Å². The standard InChI is InChI=1S/C26H20FN3O7/c1-13-7-9-15(12-17(13)27)28-22(14-8-10-19(36-2)20(11-14)37-3)23(26(28)33)29-24(31)16-5-4-6-18(30(34)35)21(16)25(29)32/h4-12,22-23H,1-3H3/t22-,23+/m0/s1. The molecular weight excluding hydrogens is 485 g/mol. The third-order valence-electron chi connectivity index (χ3n) is 6.65. The van der Waals surface area contributed by atoms with Gasteiger partial charge in [-0.2, -0.15) is 0 Å². The van der Waals surface area contributed by atoms with Gasteiger partial charge in [-0.05, 0) is 48.4 Å². The van der Waals surface area contributed by atoms with Gasteiger partial charge in [0.15, 0.2) is 11.5 Å². The molecule has 0 radical (unpaired) electrons. The summed E-state index contributed by atoms with van der Waals surface area (Å²) in [5.74, 6) is -2.17. The molecule has 1 fully saturated rings. The highest BCUT2D eigenvalue weighted by atomic mass is 19.1. The molecule has 3 aromatic carbocycles. The molecule has 37 heavy (non-hydrogen) atoms. The highest BCUT2D eigenvalue weighted by Gasteiger charge is 2.58. The van der Waals surface area contributed by atoms with Gasteiger partial charge in [-0.1, -0.05) is 18.2 Å². The Hall–Kier alpha value is -4.80. The van der Waals surface area contributed by atoms with E-state index in [1.165, 1.54) is 43.4 Å². The Morgan fingerprint density at radius 2 is 1.62 bits per heavy atom. The van der Waals surface area contributed by atoms with Crippen LogP contribution in [0.25, 0.3) is 0 Å². The number of hydrogen-bond donors (Lipinski definition) is 0. The first-order valence-electron chi connectivity index (χ1n) is 11.2. The van der Waals surface area contributed by atoms with Gasteiger partial charge in [0.05, 0.1) is 30.7 Å². The monoisotopic (exact) mass is 505 g/mol. The number of carbonyl (C=O) groups excluding carboxylic acids is 3. The van der Waals surface area contributed by atoms with Gasteiger partial charge in [-0.3, -0.25) is 29.4 Å². The summed E-state index contributed by atoms with van der Waals surface area (Å²) in [6.07, 6.45) is 0. The van der Waals surface area contributed by atoms with Crippen molar-refractivity contribution < 1.29 is 33.2 Å². The minimum Gasteiger partial charge on any atom is -0.493 e. The first-order chi connectivity index (χ1) is 17.7. The first kappa shape index (κ1) is 23.9. The van der Waals surface area contributed by atoms with Crippen molar-refractivity contribution in [3.05, 3.63) is 92.8 Å². The van der Waals surface area contributed by atoms with Crippen molar-refractivity contribution in [2.45, 2.75) is 19.0 Å². The van der Waals surface area contributed by atoms with Crippen LogP contribution in [0, 0.1) is 22.9 Å². The van der Waals surface area contributed by atoms with Crippen molar-refractivity contribution in [1.29, 1.82) is 0 Å². The molecule has 2 aliphatic heterocycles. The number of rotatable bonds is 6. The van der Waals surface area contributed by atoms with E-state index in [9.17, 15) is 28.9 Å². The Balaban J connectivity index is 1.64. The van der Waals surface area contributed by atoms with E-state index in [-0.39, 0.29) is 16.8 Å². The van der Waals surface area contributed by atoms with Crippen molar-refractivity contribution in [3.8, 4) is 11.5 Å². The maximum atomic E-state index is 14.4. The molecule has 188 valence electrons. The van der Waals surface area contributed by atoms with Crippen molar-refractivity contribution in [1.82, 2.24) is 4.90 Å². The fraction of sp³-hybridized carbons (Fsp3) is 0.192. The highest BCUT2D eigenvalue weighted by molar-refractivity contribution is 6.26. The number of nitrogens with zero attached hydrogens (tertiary/aromatic N) is 3. The Morgan fingerprint density at radius 1 is 0.892 bits per heavy atom. The van der Waals surface area contributed by atoms with Gasteiger partial charge in [-0.15, -0.1) is 0 Å². The second kappa shape index (κ2) is 8.70. The minimum absolute atomic E-state index is 0.155. The molecule has 0 aliphatic carbocycles. The number of nitro benzene ring substituents is 1. The van der Waals surface area contributed by atoms with Crippen LogP contribution >= 0.6 is 0 Å². The number of methoxy groups -OCH3 is 2. The Morgan fingerprint density at radius 3 is 2.27 bits per heavy atom. The number of β-lactam (4-membered cyclic amide) rings is 1. The van der Waals surface area contributed by atoms with E-state index < -0.39 is 46.2 Å². The van der Waals surface area contributed by atoms with Crippen LogP contribution < -0.4 is 14.4 Å². The van der Waals surface area contributed by atoms with E-state index in [1.54, 1.807) is 31.2 Å². The zero-order valence-corrected chi connectivity index (χ0v) is 19.9.